The minimum absolute atomic E-state index is 0.00909. The Morgan fingerprint density at radius 3 is 2.67 bits per heavy atom. The maximum absolute atomic E-state index is 12.8. The molecule has 10 heteroatoms. The predicted octanol–water partition coefficient (Wildman–Crippen LogP) is 3.96. The molecule has 1 aliphatic heterocycles. The fraction of sp³-hybridized carbons (Fsp3) is 0.200. The number of amides is 2. The number of nitrogens with zero attached hydrogens (tertiary/aromatic N) is 2. The standard InChI is InChI=1S/C20H17F3N4O2S/c1-12-5-7-13(8-6-12)11-24-27-19-26-18(29)16(30-19)10-17(28)25-15-4-2-3-14(9-15)20(21,22)23/h2-9,11,16H,10H2,1H3,(H,25,28)(H,26,27,29)/b24-11-/t16-/m0/s1. The lowest BCUT2D eigenvalue weighted by Gasteiger charge is -2.10. The SMILES string of the molecule is Cc1ccc(/C=N\N=C2/NC(=O)[C@H](CC(=O)Nc3cccc(C(F)(F)F)c3)S2)cc1. The number of amidine groups is 1. The molecule has 0 radical (unpaired) electrons. The van der Waals surface area contributed by atoms with E-state index in [0.717, 1.165) is 35.0 Å². The molecule has 6 nitrogen and oxygen atoms in total. The van der Waals surface area contributed by atoms with Gasteiger partial charge in [-0.3, -0.25) is 9.59 Å². The number of alkyl halides is 3. The number of hydrogen-bond acceptors (Lipinski definition) is 5. The normalized spacial score (nSPS) is 18.1. The van der Waals surface area contributed by atoms with E-state index in [1.54, 1.807) is 0 Å². The number of aryl methyl sites for hydroxylation is 1. The van der Waals surface area contributed by atoms with Crippen molar-refractivity contribution in [3.05, 3.63) is 65.2 Å². The number of carbonyl (C=O) groups excluding carboxylic acids is 2. The Morgan fingerprint density at radius 1 is 1.23 bits per heavy atom. The van der Waals surface area contributed by atoms with Gasteiger partial charge in [-0.05, 0) is 30.7 Å². The van der Waals surface area contributed by atoms with Gasteiger partial charge in [0.25, 0.3) is 0 Å². The van der Waals surface area contributed by atoms with E-state index in [2.05, 4.69) is 20.8 Å². The van der Waals surface area contributed by atoms with Gasteiger partial charge in [-0.1, -0.05) is 47.7 Å². The highest BCUT2D eigenvalue weighted by Gasteiger charge is 2.33. The molecule has 0 saturated carbocycles. The quantitative estimate of drug-likeness (QED) is 0.552. The lowest BCUT2D eigenvalue weighted by atomic mass is 10.2. The van der Waals surface area contributed by atoms with Crippen LogP contribution in [0.3, 0.4) is 0 Å². The van der Waals surface area contributed by atoms with E-state index in [9.17, 15) is 22.8 Å². The summed E-state index contributed by atoms with van der Waals surface area (Å²) in [5.74, 6) is -0.991. The summed E-state index contributed by atoms with van der Waals surface area (Å²) in [4.78, 5) is 24.2. The van der Waals surface area contributed by atoms with Crippen LogP contribution in [0.1, 0.15) is 23.1 Å². The predicted molar refractivity (Wildman–Crippen MR) is 110 cm³/mol. The maximum Gasteiger partial charge on any atom is 0.416 e. The number of anilines is 1. The minimum Gasteiger partial charge on any atom is -0.326 e. The molecule has 1 fully saturated rings. The van der Waals surface area contributed by atoms with Crippen LogP contribution < -0.4 is 10.6 Å². The third-order valence-corrected chi connectivity index (χ3v) is 5.13. The molecular weight excluding hydrogens is 417 g/mol. The molecule has 1 aliphatic rings. The molecule has 2 aromatic carbocycles. The Bertz CT molecular complexity index is 1000. The van der Waals surface area contributed by atoms with E-state index in [0.29, 0.717) is 0 Å². The average molecular weight is 434 g/mol. The zero-order valence-corrected chi connectivity index (χ0v) is 16.6. The van der Waals surface area contributed by atoms with Crippen LogP contribution in [0.25, 0.3) is 0 Å². The molecule has 2 aromatic rings. The van der Waals surface area contributed by atoms with E-state index < -0.39 is 28.8 Å². The highest BCUT2D eigenvalue weighted by molar-refractivity contribution is 8.15. The summed E-state index contributed by atoms with van der Waals surface area (Å²) in [6.45, 7) is 1.97. The van der Waals surface area contributed by atoms with Crippen molar-refractivity contribution in [3.63, 3.8) is 0 Å². The second-order valence-corrected chi connectivity index (χ2v) is 7.68. The van der Waals surface area contributed by atoms with Crippen LogP contribution in [0.2, 0.25) is 0 Å². The lowest BCUT2D eigenvalue weighted by Crippen LogP contribution is -2.28. The highest BCUT2D eigenvalue weighted by Crippen LogP contribution is 2.31. The Morgan fingerprint density at radius 2 is 1.97 bits per heavy atom. The van der Waals surface area contributed by atoms with Crippen molar-refractivity contribution in [2.24, 2.45) is 10.2 Å². The average Bonchev–Trinajstić information content (AvgIpc) is 3.02. The van der Waals surface area contributed by atoms with Gasteiger partial charge in [-0.2, -0.15) is 18.3 Å². The summed E-state index contributed by atoms with van der Waals surface area (Å²) in [6.07, 6.45) is -3.19. The lowest BCUT2D eigenvalue weighted by molar-refractivity contribution is -0.137. The summed E-state index contributed by atoms with van der Waals surface area (Å²) >= 11 is 1.04. The van der Waals surface area contributed by atoms with E-state index in [-0.39, 0.29) is 17.3 Å². The summed E-state index contributed by atoms with van der Waals surface area (Å²) in [6, 6.07) is 11.9. The van der Waals surface area contributed by atoms with Crippen LogP contribution in [0, 0.1) is 6.92 Å². The van der Waals surface area contributed by atoms with Crippen LogP contribution in [0.4, 0.5) is 18.9 Å². The molecule has 1 saturated heterocycles. The number of benzene rings is 2. The van der Waals surface area contributed by atoms with Gasteiger partial charge in [0.2, 0.25) is 11.8 Å². The fourth-order valence-corrected chi connectivity index (χ4v) is 3.46. The number of nitrogens with one attached hydrogen (secondary N) is 2. The molecule has 1 atom stereocenters. The molecule has 2 N–H and O–H groups in total. The molecule has 3 rings (SSSR count). The second kappa shape index (κ2) is 9.12. The monoisotopic (exact) mass is 434 g/mol. The van der Waals surface area contributed by atoms with Gasteiger partial charge in [-0.15, -0.1) is 5.10 Å². The molecule has 156 valence electrons. The van der Waals surface area contributed by atoms with Gasteiger partial charge >= 0.3 is 6.18 Å². The topological polar surface area (TPSA) is 82.9 Å². The molecule has 0 aliphatic carbocycles. The van der Waals surface area contributed by atoms with E-state index in [1.807, 2.05) is 31.2 Å². The first-order chi connectivity index (χ1) is 14.2. The van der Waals surface area contributed by atoms with Crippen LogP contribution in [0.5, 0.6) is 0 Å². The maximum atomic E-state index is 12.8. The van der Waals surface area contributed by atoms with Gasteiger partial charge in [0.1, 0.15) is 5.25 Å². The van der Waals surface area contributed by atoms with Crippen LogP contribution in [-0.4, -0.2) is 28.4 Å². The summed E-state index contributed by atoms with van der Waals surface area (Å²) in [5.41, 5.74) is 1.10. The smallest absolute Gasteiger partial charge is 0.326 e. The van der Waals surface area contributed by atoms with Gasteiger partial charge in [0.05, 0.1) is 11.8 Å². The molecule has 2 amide bonds. The Balaban J connectivity index is 1.56. The summed E-state index contributed by atoms with van der Waals surface area (Å²) < 4.78 is 38.3. The van der Waals surface area contributed by atoms with Gasteiger partial charge in [-0.25, -0.2) is 0 Å². The minimum atomic E-state index is -4.51. The molecule has 0 spiro atoms. The zero-order valence-electron chi connectivity index (χ0n) is 15.7. The largest absolute Gasteiger partial charge is 0.416 e. The van der Waals surface area contributed by atoms with Crippen molar-refractivity contribution in [2.75, 3.05) is 5.32 Å². The van der Waals surface area contributed by atoms with E-state index in [4.69, 9.17) is 0 Å². The molecule has 0 bridgehead atoms. The molecule has 0 aromatic heterocycles. The van der Waals surface area contributed by atoms with Gasteiger partial charge < -0.3 is 10.6 Å². The molecule has 0 unspecified atom stereocenters. The van der Waals surface area contributed by atoms with Crippen molar-refractivity contribution in [2.45, 2.75) is 24.8 Å². The first-order valence-electron chi connectivity index (χ1n) is 8.83. The van der Waals surface area contributed by atoms with Crippen LogP contribution >= 0.6 is 11.8 Å². The third-order valence-electron chi connectivity index (χ3n) is 4.05. The van der Waals surface area contributed by atoms with Crippen molar-refractivity contribution >= 4 is 40.6 Å². The number of rotatable bonds is 5. The van der Waals surface area contributed by atoms with Crippen molar-refractivity contribution in [1.82, 2.24) is 5.32 Å². The first kappa shape index (κ1) is 21.6. The Kier molecular flexibility index (Phi) is 6.56. The van der Waals surface area contributed by atoms with E-state index >= 15 is 0 Å². The van der Waals surface area contributed by atoms with Crippen molar-refractivity contribution in [1.29, 1.82) is 0 Å². The molecule has 30 heavy (non-hydrogen) atoms. The first-order valence-corrected chi connectivity index (χ1v) is 9.71. The fourth-order valence-electron chi connectivity index (χ4n) is 2.54. The summed E-state index contributed by atoms with van der Waals surface area (Å²) in [7, 11) is 0. The van der Waals surface area contributed by atoms with Gasteiger partial charge in [0.15, 0.2) is 5.17 Å². The Labute approximate surface area is 174 Å². The van der Waals surface area contributed by atoms with Crippen LogP contribution in [0.15, 0.2) is 58.7 Å². The summed E-state index contributed by atoms with van der Waals surface area (Å²) in [5, 5.41) is 12.3. The highest BCUT2D eigenvalue weighted by atomic mass is 32.2. The molecular formula is C20H17F3N4O2S. The molecule has 1 heterocycles. The zero-order chi connectivity index (χ0) is 21.7. The van der Waals surface area contributed by atoms with Gasteiger partial charge in [0, 0.05) is 12.1 Å². The second-order valence-electron chi connectivity index (χ2n) is 6.49. The van der Waals surface area contributed by atoms with Crippen molar-refractivity contribution < 1.29 is 22.8 Å². The number of thioether (sulfide) groups is 1. The van der Waals surface area contributed by atoms with Crippen molar-refractivity contribution in [3.8, 4) is 0 Å². The van der Waals surface area contributed by atoms with Crippen LogP contribution in [-0.2, 0) is 15.8 Å². The number of carbonyl (C=O) groups is 2. The van der Waals surface area contributed by atoms with E-state index in [1.165, 1.54) is 18.3 Å². The Hall–Kier alpha value is -3.14. The third kappa shape index (κ3) is 5.93. The number of hydrogen-bond donors (Lipinski definition) is 2. The number of halogens is 3.